The summed E-state index contributed by atoms with van der Waals surface area (Å²) in [5, 5.41) is 14.5. The summed E-state index contributed by atoms with van der Waals surface area (Å²) in [5.41, 5.74) is 0.624. The average Bonchev–Trinajstić information content (AvgIpc) is 3.70. The van der Waals surface area contributed by atoms with Gasteiger partial charge in [-0.05, 0) is 60.1 Å². The molecule has 2 aromatic carbocycles. The van der Waals surface area contributed by atoms with Crippen LogP contribution in [0, 0.1) is 35.4 Å². The van der Waals surface area contributed by atoms with Crippen molar-refractivity contribution in [2.24, 2.45) is 34.0 Å². The van der Waals surface area contributed by atoms with E-state index in [4.69, 9.17) is 0 Å². The second-order valence-corrected chi connectivity index (χ2v) is 14.4. The number of halogens is 1. The van der Waals surface area contributed by atoms with Crippen molar-refractivity contribution in [3.05, 3.63) is 77.3 Å². The lowest BCUT2D eigenvalue weighted by molar-refractivity contribution is -0.136. The van der Waals surface area contributed by atoms with Crippen LogP contribution in [0.25, 0.3) is 0 Å². The number of aliphatic hydroxyl groups excluding tert-OH is 1. The van der Waals surface area contributed by atoms with E-state index in [1.54, 1.807) is 17.0 Å². The van der Waals surface area contributed by atoms with Crippen molar-refractivity contribution in [2.75, 3.05) is 16.3 Å². The number of allylic oxidation sites excluding steroid dienone is 1. The first-order chi connectivity index (χ1) is 18.9. The van der Waals surface area contributed by atoms with Crippen molar-refractivity contribution in [1.29, 1.82) is 0 Å². The number of hydrogen-bond acceptors (Lipinski definition) is 7. The summed E-state index contributed by atoms with van der Waals surface area (Å²) in [6, 6.07) is 9.43. The van der Waals surface area contributed by atoms with Crippen molar-refractivity contribution < 1.29 is 31.1 Å². The average molecular weight is 585 g/mol. The van der Waals surface area contributed by atoms with E-state index in [9.17, 15) is 31.1 Å². The van der Waals surface area contributed by atoms with Gasteiger partial charge in [-0.3, -0.25) is 9.52 Å². The van der Waals surface area contributed by atoms with Crippen molar-refractivity contribution >= 4 is 43.2 Å². The van der Waals surface area contributed by atoms with Crippen molar-refractivity contribution in [3.63, 3.8) is 0 Å². The number of nitrogens with one attached hydrogen (secondary N) is 2. The molecule has 0 aromatic heterocycles. The van der Waals surface area contributed by atoms with Crippen LogP contribution in [-0.4, -0.2) is 50.9 Å². The Balaban J connectivity index is 1.31. The van der Waals surface area contributed by atoms with Crippen LogP contribution >= 0.6 is 0 Å². The number of carbonyl (C=O) groups is 1. The maximum absolute atomic E-state index is 14.1. The van der Waals surface area contributed by atoms with E-state index in [2.05, 4.69) is 26.6 Å². The number of benzene rings is 2. The highest BCUT2D eigenvalue weighted by atomic mass is 32.2. The lowest BCUT2D eigenvalue weighted by Crippen LogP contribution is -2.59. The first kappa shape index (κ1) is 25.3. The molecular formula is C27H25FN4O6S2. The molecule has 0 spiro atoms. The molecule has 13 heteroatoms. The van der Waals surface area contributed by atoms with E-state index in [0.717, 1.165) is 18.7 Å². The van der Waals surface area contributed by atoms with Gasteiger partial charge >= 0.3 is 0 Å². The number of carbonyl (C=O) groups excluding carboxylic acids is 1. The molecule has 10 nitrogen and oxygen atoms in total. The minimum Gasteiger partial charge on any atom is -0.511 e. The smallest absolute Gasteiger partial charge is 0.286 e. The zero-order valence-corrected chi connectivity index (χ0v) is 22.8. The Labute approximate surface area is 230 Å². The third-order valence-corrected chi connectivity index (χ3v) is 10.5. The Kier molecular flexibility index (Phi) is 5.31. The highest BCUT2D eigenvalue weighted by Crippen LogP contribution is 2.64. The predicted molar refractivity (Wildman–Crippen MR) is 145 cm³/mol. The number of sulfonamides is 2. The molecule has 8 rings (SSSR count). The molecule has 2 bridgehead atoms. The molecule has 0 unspecified atom stereocenters. The zero-order chi connectivity index (χ0) is 28.1. The molecule has 0 radical (unpaired) electrons. The molecule has 40 heavy (non-hydrogen) atoms. The largest absolute Gasteiger partial charge is 0.511 e. The van der Waals surface area contributed by atoms with E-state index >= 15 is 0 Å². The van der Waals surface area contributed by atoms with Gasteiger partial charge in [0.2, 0.25) is 10.0 Å². The van der Waals surface area contributed by atoms with Gasteiger partial charge in [0.1, 0.15) is 22.0 Å². The van der Waals surface area contributed by atoms with Gasteiger partial charge < -0.3 is 15.3 Å². The Morgan fingerprint density at radius 3 is 2.55 bits per heavy atom. The Morgan fingerprint density at radius 1 is 1.12 bits per heavy atom. The quantitative estimate of drug-likeness (QED) is 0.458. The Bertz CT molecular complexity index is 1780. The summed E-state index contributed by atoms with van der Waals surface area (Å²) in [6.45, 7) is 0.155. The maximum Gasteiger partial charge on any atom is 0.286 e. The van der Waals surface area contributed by atoms with Crippen LogP contribution in [0.4, 0.5) is 15.8 Å². The molecule has 4 aliphatic carbocycles. The molecule has 6 aliphatic rings. The molecule has 2 fully saturated rings. The van der Waals surface area contributed by atoms with Crippen molar-refractivity contribution in [3.8, 4) is 0 Å². The maximum atomic E-state index is 14.1. The van der Waals surface area contributed by atoms with Gasteiger partial charge in [0.05, 0.1) is 11.9 Å². The third-order valence-electron chi connectivity index (χ3n) is 8.55. The van der Waals surface area contributed by atoms with Gasteiger partial charge in [0.25, 0.3) is 15.9 Å². The number of amidine groups is 1. The summed E-state index contributed by atoms with van der Waals surface area (Å²) < 4.78 is 69.5. The summed E-state index contributed by atoms with van der Waals surface area (Å²) in [5.74, 6) is -0.994. The topological polar surface area (TPSA) is 145 Å². The summed E-state index contributed by atoms with van der Waals surface area (Å²) >= 11 is 0. The van der Waals surface area contributed by atoms with Crippen LogP contribution in [0.15, 0.2) is 75.2 Å². The molecule has 0 saturated heterocycles. The lowest BCUT2D eigenvalue weighted by Gasteiger charge is -2.52. The van der Waals surface area contributed by atoms with Crippen LogP contribution in [0.3, 0.4) is 0 Å². The van der Waals surface area contributed by atoms with Crippen LogP contribution < -0.4 is 10.0 Å². The first-order valence-corrected chi connectivity index (χ1v) is 16.2. The summed E-state index contributed by atoms with van der Waals surface area (Å²) in [7, 11) is -8.02. The Morgan fingerprint density at radius 2 is 1.82 bits per heavy atom. The van der Waals surface area contributed by atoms with E-state index in [1.807, 2.05) is 0 Å². The molecule has 2 heterocycles. The summed E-state index contributed by atoms with van der Waals surface area (Å²) in [6.07, 6.45) is 6.17. The van der Waals surface area contributed by atoms with E-state index in [0.29, 0.717) is 17.4 Å². The van der Waals surface area contributed by atoms with Gasteiger partial charge in [-0.1, -0.05) is 24.3 Å². The van der Waals surface area contributed by atoms with E-state index in [1.165, 1.54) is 24.3 Å². The minimum atomic E-state index is -4.37. The SMILES string of the molecule is CS(=O)(=O)Nc1ccc2c(c1)S(=O)(=O)N=C(C1=C(O)[C@@H]3[C@H]4C=C[C@H]([C@@H]5C[C@H]45)[C@@H]3N(Cc3ccc(F)cc3)C1=O)N2. The highest BCUT2D eigenvalue weighted by Gasteiger charge is 2.64. The number of anilines is 2. The molecular weight excluding hydrogens is 559 g/mol. The second kappa shape index (κ2) is 8.40. The number of aliphatic hydroxyl groups is 1. The lowest BCUT2D eigenvalue weighted by atomic mass is 9.62. The number of rotatable bonds is 5. The number of amides is 1. The van der Waals surface area contributed by atoms with E-state index < -0.39 is 37.7 Å². The van der Waals surface area contributed by atoms with Gasteiger partial charge in [0.15, 0.2) is 5.84 Å². The molecule has 6 atom stereocenters. The highest BCUT2D eigenvalue weighted by molar-refractivity contribution is 7.92. The number of hydrogen-bond donors (Lipinski definition) is 3. The fraction of sp³-hybridized carbons (Fsp3) is 0.333. The van der Waals surface area contributed by atoms with Crippen LogP contribution in [0.1, 0.15) is 12.0 Å². The van der Waals surface area contributed by atoms with E-state index in [-0.39, 0.29) is 57.9 Å². The Hall–Kier alpha value is -3.71. The standard InChI is InChI=1S/C27H25FN4O6S2/c1-39(35,36)30-15-6-9-20-21(10-15)40(37,38)31-26(29-20)23-25(33)22-16-7-8-17(19-11-18(16)19)24(22)32(27(23)34)12-13-2-4-14(28)5-3-13/h2-10,16-19,22,24,30,33H,11-12H2,1H3,(H,29,31)/t16-,17+,18+,19-,22+,24-/m0/s1. The van der Waals surface area contributed by atoms with Crippen molar-refractivity contribution in [1.82, 2.24) is 4.90 Å². The number of fused-ring (bicyclic) bond motifs is 1. The molecule has 1 amide bonds. The fourth-order valence-electron chi connectivity index (χ4n) is 6.91. The minimum absolute atomic E-state index is 0.00322. The second-order valence-electron chi connectivity index (χ2n) is 11.1. The molecule has 2 aromatic rings. The van der Waals surface area contributed by atoms with Crippen molar-refractivity contribution in [2.45, 2.75) is 23.9 Å². The molecule has 2 aliphatic heterocycles. The van der Waals surface area contributed by atoms with Crippen LogP contribution in [-0.2, 0) is 31.4 Å². The number of nitrogens with zero attached hydrogens (tertiary/aromatic N) is 2. The van der Waals surface area contributed by atoms with Gasteiger partial charge in [0, 0.05) is 30.1 Å². The van der Waals surface area contributed by atoms with Crippen LogP contribution in [0.5, 0.6) is 0 Å². The molecule has 3 N–H and O–H groups in total. The normalized spacial score (nSPS) is 31.1. The zero-order valence-electron chi connectivity index (χ0n) is 21.2. The van der Waals surface area contributed by atoms with Crippen LogP contribution in [0.2, 0.25) is 0 Å². The van der Waals surface area contributed by atoms with Gasteiger partial charge in [-0.25, -0.2) is 12.8 Å². The predicted octanol–water partition coefficient (Wildman–Crippen LogP) is 3.00. The van der Waals surface area contributed by atoms with Gasteiger partial charge in [-0.15, -0.1) is 4.40 Å². The first-order valence-electron chi connectivity index (χ1n) is 12.8. The monoisotopic (exact) mass is 584 g/mol. The molecule has 2 saturated carbocycles. The fourth-order valence-corrected chi connectivity index (χ4v) is 8.62. The van der Waals surface area contributed by atoms with Gasteiger partial charge in [-0.2, -0.15) is 8.42 Å². The molecule has 208 valence electrons. The summed E-state index contributed by atoms with van der Waals surface area (Å²) in [4.78, 5) is 15.5. The third kappa shape index (κ3) is 3.93.